The first kappa shape index (κ1) is 15.5. The van der Waals surface area contributed by atoms with Crippen molar-refractivity contribution in [2.45, 2.75) is 26.2 Å². The number of aryl methyl sites for hydroxylation is 1. The lowest BCUT2D eigenvalue weighted by Crippen LogP contribution is -2.34. The molecule has 23 heavy (non-hydrogen) atoms. The van der Waals surface area contributed by atoms with Gasteiger partial charge in [-0.25, -0.2) is 0 Å². The first-order valence-corrected chi connectivity index (χ1v) is 7.93. The fraction of sp³-hybridized carbons (Fsp3) is 0.389. The molecule has 1 N–H and O–H groups in total. The second-order valence-electron chi connectivity index (χ2n) is 6.15. The summed E-state index contributed by atoms with van der Waals surface area (Å²) in [7, 11) is 0. The van der Waals surface area contributed by atoms with Crippen LogP contribution in [0.1, 0.15) is 24.8 Å². The van der Waals surface area contributed by atoms with Crippen molar-refractivity contribution in [1.29, 1.82) is 0 Å². The number of hydrogen-bond acceptors (Lipinski definition) is 3. The molecule has 1 aliphatic carbocycles. The number of amides is 3. The predicted molar refractivity (Wildman–Crippen MR) is 86.5 cm³/mol. The average Bonchev–Trinajstić information content (AvgIpc) is 2.77. The maximum absolute atomic E-state index is 12.3. The van der Waals surface area contributed by atoms with E-state index in [9.17, 15) is 14.4 Å². The molecule has 1 heterocycles. The lowest BCUT2D eigenvalue weighted by molar-refractivity contribution is -0.140. The van der Waals surface area contributed by atoms with Crippen molar-refractivity contribution >= 4 is 23.4 Å². The fourth-order valence-electron chi connectivity index (χ4n) is 3.25. The zero-order valence-electron chi connectivity index (χ0n) is 13.1. The topological polar surface area (TPSA) is 66.5 Å². The van der Waals surface area contributed by atoms with Gasteiger partial charge >= 0.3 is 0 Å². The Morgan fingerprint density at radius 3 is 2.43 bits per heavy atom. The van der Waals surface area contributed by atoms with Crippen LogP contribution < -0.4 is 5.32 Å². The SMILES string of the molecule is Cc1cccc(NC(=O)CCN2C(=O)[C@@H]3CC=CC[C@H]3C2=O)c1. The lowest BCUT2D eigenvalue weighted by atomic mass is 9.85. The molecule has 3 amide bonds. The van der Waals surface area contributed by atoms with Crippen LogP contribution in [0.4, 0.5) is 5.69 Å². The molecular formula is C18H20N2O3. The van der Waals surface area contributed by atoms with Gasteiger partial charge in [-0.05, 0) is 37.5 Å². The first-order chi connectivity index (χ1) is 11.1. The summed E-state index contributed by atoms with van der Waals surface area (Å²) in [5.74, 6) is -0.913. The van der Waals surface area contributed by atoms with Crippen molar-refractivity contribution in [1.82, 2.24) is 4.90 Å². The molecule has 1 aromatic rings. The minimum atomic E-state index is -0.229. The summed E-state index contributed by atoms with van der Waals surface area (Å²) < 4.78 is 0. The zero-order valence-corrected chi connectivity index (χ0v) is 13.1. The average molecular weight is 312 g/mol. The van der Waals surface area contributed by atoms with Crippen molar-refractivity contribution < 1.29 is 14.4 Å². The van der Waals surface area contributed by atoms with Crippen LogP contribution in [-0.2, 0) is 14.4 Å². The van der Waals surface area contributed by atoms with Crippen molar-refractivity contribution in [2.24, 2.45) is 11.8 Å². The maximum atomic E-state index is 12.3. The third kappa shape index (κ3) is 3.18. The molecule has 5 heteroatoms. The van der Waals surface area contributed by atoms with Gasteiger partial charge in [-0.15, -0.1) is 0 Å². The van der Waals surface area contributed by atoms with Crippen LogP contribution >= 0.6 is 0 Å². The summed E-state index contributed by atoms with van der Waals surface area (Å²) in [6.45, 7) is 2.11. The molecule has 2 aliphatic rings. The van der Waals surface area contributed by atoms with Crippen LogP contribution in [0.25, 0.3) is 0 Å². The summed E-state index contributed by atoms with van der Waals surface area (Å²) in [5, 5.41) is 2.80. The minimum Gasteiger partial charge on any atom is -0.326 e. The number of carbonyl (C=O) groups excluding carboxylic acids is 3. The number of imide groups is 1. The van der Waals surface area contributed by atoms with Gasteiger partial charge in [0.05, 0.1) is 11.8 Å². The monoisotopic (exact) mass is 312 g/mol. The van der Waals surface area contributed by atoms with Crippen LogP contribution in [-0.4, -0.2) is 29.2 Å². The summed E-state index contributed by atoms with van der Waals surface area (Å²) in [5.41, 5.74) is 1.79. The third-order valence-corrected chi connectivity index (χ3v) is 4.46. The highest BCUT2D eigenvalue weighted by Crippen LogP contribution is 2.34. The third-order valence-electron chi connectivity index (χ3n) is 4.46. The fourth-order valence-corrected chi connectivity index (χ4v) is 3.25. The van der Waals surface area contributed by atoms with E-state index in [1.54, 1.807) is 0 Å². The van der Waals surface area contributed by atoms with Crippen molar-refractivity contribution in [3.63, 3.8) is 0 Å². The van der Waals surface area contributed by atoms with E-state index in [-0.39, 0.29) is 42.5 Å². The Kier molecular flexibility index (Phi) is 4.28. The van der Waals surface area contributed by atoms with E-state index in [2.05, 4.69) is 5.32 Å². The Hall–Kier alpha value is -2.43. The number of anilines is 1. The van der Waals surface area contributed by atoms with Crippen molar-refractivity contribution in [2.75, 3.05) is 11.9 Å². The number of nitrogens with zero attached hydrogens (tertiary/aromatic N) is 1. The summed E-state index contributed by atoms with van der Waals surface area (Å²) in [4.78, 5) is 37.9. The van der Waals surface area contributed by atoms with Crippen LogP contribution in [0.3, 0.4) is 0 Å². The summed E-state index contributed by atoms with van der Waals surface area (Å²) in [6.07, 6.45) is 5.29. The molecule has 0 radical (unpaired) electrons. The molecule has 0 spiro atoms. The van der Waals surface area contributed by atoms with E-state index in [1.807, 2.05) is 43.3 Å². The van der Waals surface area contributed by atoms with Crippen LogP contribution in [0.15, 0.2) is 36.4 Å². The van der Waals surface area contributed by atoms with Gasteiger partial charge in [0.1, 0.15) is 0 Å². The Balaban J connectivity index is 1.57. The highest BCUT2D eigenvalue weighted by atomic mass is 16.2. The minimum absolute atomic E-state index is 0.123. The number of carbonyl (C=O) groups is 3. The zero-order chi connectivity index (χ0) is 16.4. The highest BCUT2D eigenvalue weighted by Gasteiger charge is 2.46. The number of fused-ring (bicyclic) bond motifs is 1. The van der Waals surface area contributed by atoms with E-state index >= 15 is 0 Å². The van der Waals surface area contributed by atoms with E-state index in [1.165, 1.54) is 4.90 Å². The van der Waals surface area contributed by atoms with E-state index in [4.69, 9.17) is 0 Å². The first-order valence-electron chi connectivity index (χ1n) is 7.93. The largest absolute Gasteiger partial charge is 0.326 e. The molecule has 1 fully saturated rings. The van der Waals surface area contributed by atoms with Gasteiger partial charge in [-0.1, -0.05) is 24.3 Å². The van der Waals surface area contributed by atoms with Gasteiger partial charge < -0.3 is 5.32 Å². The van der Waals surface area contributed by atoms with Crippen LogP contribution in [0.2, 0.25) is 0 Å². The Labute approximate surface area is 135 Å². The van der Waals surface area contributed by atoms with Gasteiger partial charge in [-0.3, -0.25) is 19.3 Å². The molecule has 1 saturated heterocycles. The summed E-state index contributed by atoms with van der Waals surface area (Å²) >= 11 is 0. The van der Waals surface area contributed by atoms with Gasteiger partial charge in [0, 0.05) is 18.7 Å². The molecule has 0 unspecified atom stereocenters. The smallest absolute Gasteiger partial charge is 0.233 e. The molecule has 1 aliphatic heterocycles. The van der Waals surface area contributed by atoms with Crippen molar-refractivity contribution in [3.8, 4) is 0 Å². The molecule has 2 atom stereocenters. The van der Waals surface area contributed by atoms with Gasteiger partial charge in [0.25, 0.3) is 0 Å². The Morgan fingerprint density at radius 1 is 1.17 bits per heavy atom. The normalized spacial score (nSPS) is 23.1. The van der Waals surface area contributed by atoms with E-state index < -0.39 is 0 Å². The maximum Gasteiger partial charge on any atom is 0.233 e. The lowest BCUT2D eigenvalue weighted by Gasteiger charge is -2.14. The van der Waals surface area contributed by atoms with Gasteiger partial charge in [0.2, 0.25) is 17.7 Å². The number of benzene rings is 1. The molecule has 3 rings (SSSR count). The number of nitrogens with one attached hydrogen (secondary N) is 1. The van der Waals surface area contributed by atoms with E-state index in [0.29, 0.717) is 12.8 Å². The van der Waals surface area contributed by atoms with Gasteiger partial charge in [0.15, 0.2) is 0 Å². The Morgan fingerprint density at radius 2 is 1.83 bits per heavy atom. The molecule has 120 valence electrons. The van der Waals surface area contributed by atoms with Crippen LogP contribution in [0.5, 0.6) is 0 Å². The number of likely N-dealkylation sites (tertiary alicyclic amines) is 1. The van der Waals surface area contributed by atoms with Crippen molar-refractivity contribution in [3.05, 3.63) is 42.0 Å². The van der Waals surface area contributed by atoms with Gasteiger partial charge in [-0.2, -0.15) is 0 Å². The quantitative estimate of drug-likeness (QED) is 0.685. The highest BCUT2D eigenvalue weighted by molar-refractivity contribution is 6.05. The molecule has 5 nitrogen and oxygen atoms in total. The predicted octanol–water partition coefficient (Wildman–Crippen LogP) is 2.27. The van der Waals surface area contributed by atoms with E-state index in [0.717, 1.165) is 11.3 Å². The number of rotatable bonds is 4. The molecule has 0 aromatic heterocycles. The summed E-state index contributed by atoms with van der Waals surface area (Å²) in [6, 6.07) is 7.52. The molecule has 1 aromatic carbocycles. The second kappa shape index (κ2) is 6.36. The molecule has 0 bridgehead atoms. The number of allylic oxidation sites excluding steroid dienone is 2. The molecular weight excluding hydrogens is 292 g/mol. The standard InChI is InChI=1S/C18H20N2O3/c1-12-5-4-6-13(11-12)19-16(21)9-10-20-17(22)14-7-2-3-8-15(14)18(20)23/h2-6,11,14-15H,7-10H2,1H3,(H,19,21)/t14-,15-/m1/s1. The molecule has 0 saturated carbocycles. The Bertz CT molecular complexity index is 655. The second-order valence-corrected chi connectivity index (χ2v) is 6.15. The number of hydrogen-bond donors (Lipinski definition) is 1. The van der Waals surface area contributed by atoms with Crippen LogP contribution in [0, 0.1) is 18.8 Å².